The molecule has 2 amide bonds. The summed E-state index contributed by atoms with van der Waals surface area (Å²) in [6.07, 6.45) is 5.40. The van der Waals surface area contributed by atoms with Crippen molar-refractivity contribution in [3.63, 3.8) is 0 Å². The molecule has 104 valence electrons. The third-order valence-corrected chi connectivity index (χ3v) is 3.46. The van der Waals surface area contributed by atoms with E-state index >= 15 is 0 Å². The summed E-state index contributed by atoms with van der Waals surface area (Å²) in [5, 5.41) is 20.1. The molecule has 0 unspecified atom stereocenters. The first-order valence-corrected chi connectivity index (χ1v) is 6.43. The van der Waals surface area contributed by atoms with Crippen LogP contribution in [0, 0.1) is 0 Å². The predicted octanol–water partition coefficient (Wildman–Crippen LogP) is 0.796. The second-order valence-corrected chi connectivity index (χ2v) is 4.76. The molecule has 0 heterocycles. The number of aliphatic carboxylic acids is 1. The summed E-state index contributed by atoms with van der Waals surface area (Å²) in [5.41, 5.74) is 0. The Kier molecular flexibility index (Phi) is 5.91. The number of carbonyl (C=O) groups excluding carboxylic acids is 1. The molecule has 1 aliphatic carbocycles. The third kappa shape index (κ3) is 4.18. The lowest BCUT2D eigenvalue weighted by Gasteiger charge is -2.32. The topological polar surface area (TPSA) is 89.9 Å². The first-order chi connectivity index (χ1) is 8.56. The highest BCUT2D eigenvalue weighted by Crippen LogP contribution is 2.21. The van der Waals surface area contributed by atoms with E-state index < -0.39 is 12.0 Å². The molecule has 0 radical (unpaired) electrons. The van der Waals surface area contributed by atoms with Gasteiger partial charge in [-0.2, -0.15) is 0 Å². The van der Waals surface area contributed by atoms with Crippen molar-refractivity contribution >= 4 is 12.0 Å². The smallest absolute Gasteiger partial charge is 0.326 e. The molecule has 0 saturated heterocycles. The van der Waals surface area contributed by atoms with Gasteiger partial charge in [0.1, 0.15) is 6.04 Å². The van der Waals surface area contributed by atoms with Crippen LogP contribution in [-0.2, 0) is 4.79 Å². The fraction of sp³-hybridized carbons (Fsp3) is 0.833. The van der Waals surface area contributed by atoms with Crippen LogP contribution in [0.1, 0.15) is 38.5 Å². The SMILES string of the molecule is CN(C(=O)N[C@@H](CCO)C(=O)O)C1CCCCC1. The maximum absolute atomic E-state index is 11.9. The van der Waals surface area contributed by atoms with E-state index in [1.165, 1.54) is 6.42 Å². The Balaban J connectivity index is 2.48. The Morgan fingerprint density at radius 1 is 1.33 bits per heavy atom. The van der Waals surface area contributed by atoms with Gasteiger partial charge in [-0.05, 0) is 12.8 Å². The zero-order chi connectivity index (χ0) is 13.5. The monoisotopic (exact) mass is 258 g/mol. The highest BCUT2D eigenvalue weighted by atomic mass is 16.4. The van der Waals surface area contributed by atoms with E-state index in [0.717, 1.165) is 25.7 Å². The third-order valence-electron chi connectivity index (χ3n) is 3.46. The first kappa shape index (κ1) is 14.8. The van der Waals surface area contributed by atoms with E-state index in [1.807, 2.05) is 0 Å². The summed E-state index contributed by atoms with van der Waals surface area (Å²) in [7, 11) is 1.70. The Labute approximate surface area is 107 Å². The summed E-state index contributed by atoms with van der Waals surface area (Å²) in [5.74, 6) is -1.12. The fourth-order valence-electron chi connectivity index (χ4n) is 2.27. The number of rotatable bonds is 5. The molecule has 0 aliphatic heterocycles. The normalized spacial score (nSPS) is 18.1. The highest BCUT2D eigenvalue weighted by molar-refractivity contribution is 5.82. The lowest BCUT2D eigenvalue weighted by atomic mass is 9.95. The van der Waals surface area contributed by atoms with Gasteiger partial charge in [0.25, 0.3) is 0 Å². The minimum Gasteiger partial charge on any atom is -0.480 e. The number of nitrogens with one attached hydrogen (secondary N) is 1. The van der Waals surface area contributed by atoms with Crippen molar-refractivity contribution in [1.29, 1.82) is 0 Å². The lowest BCUT2D eigenvalue weighted by molar-refractivity contribution is -0.139. The Bertz CT molecular complexity index is 290. The van der Waals surface area contributed by atoms with E-state index in [9.17, 15) is 9.59 Å². The summed E-state index contributed by atoms with van der Waals surface area (Å²) in [6, 6.07) is -1.20. The summed E-state index contributed by atoms with van der Waals surface area (Å²) in [4.78, 5) is 24.4. The molecular formula is C12H22N2O4. The van der Waals surface area contributed by atoms with E-state index in [0.29, 0.717) is 0 Å². The second kappa shape index (κ2) is 7.20. The number of urea groups is 1. The van der Waals surface area contributed by atoms with Crippen LogP contribution in [0.5, 0.6) is 0 Å². The molecule has 1 aliphatic rings. The molecule has 3 N–H and O–H groups in total. The van der Waals surface area contributed by atoms with Gasteiger partial charge in [0.05, 0.1) is 0 Å². The maximum Gasteiger partial charge on any atom is 0.326 e. The van der Waals surface area contributed by atoms with Crippen LogP contribution in [0.15, 0.2) is 0 Å². The van der Waals surface area contributed by atoms with Crippen molar-refractivity contribution in [2.24, 2.45) is 0 Å². The average molecular weight is 258 g/mol. The number of carboxylic acid groups (broad SMARTS) is 1. The van der Waals surface area contributed by atoms with E-state index in [4.69, 9.17) is 10.2 Å². The van der Waals surface area contributed by atoms with Crippen molar-refractivity contribution in [3.05, 3.63) is 0 Å². The molecule has 0 aromatic rings. The molecule has 0 aromatic carbocycles. The number of aliphatic hydroxyl groups excluding tert-OH is 1. The van der Waals surface area contributed by atoms with Crippen molar-refractivity contribution in [1.82, 2.24) is 10.2 Å². The van der Waals surface area contributed by atoms with Crippen molar-refractivity contribution in [3.8, 4) is 0 Å². The fourth-order valence-corrected chi connectivity index (χ4v) is 2.27. The summed E-state index contributed by atoms with van der Waals surface area (Å²) < 4.78 is 0. The molecule has 6 nitrogen and oxygen atoms in total. The van der Waals surface area contributed by atoms with Crippen molar-refractivity contribution in [2.45, 2.75) is 50.6 Å². The molecule has 0 aromatic heterocycles. The van der Waals surface area contributed by atoms with Gasteiger partial charge in [-0.15, -0.1) is 0 Å². The maximum atomic E-state index is 11.9. The standard InChI is InChI=1S/C12H22N2O4/c1-14(9-5-3-2-4-6-9)12(18)13-10(7-8-15)11(16)17/h9-10,15H,2-8H2,1H3,(H,13,18)(H,16,17)/t10-/m0/s1. The van der Waals surface area contributed by atoms with Crippen LogP contribution in [0.25, 0.3) is 0 Å². The quantitative estimate of drug-likeness (QED) is 0.680. The zero-order valence-electron chi connectivity index (χ0n) is 10.8. The van der Waals surface area contributed by atoms with E-state index in [1.54, 1.807) is 11.9 Å². The number of nitrogens with zero attached hydrogens (tertiary/aromatic N) is 1. The lowest BCUT2D eigenvalue weighted by Crippen LogP contribution is -2.50. The number of carbonyl (C=O) groups is 2. The van der Waals surface area contributed by atoms with Gasteiger partial charge in [-0.1, -0.05) is 19.3 Å². The minimum atomic E-state index is -1.12. The largest absolute Gasteiger partial charge is 0.480 e. The minimum absolute atomic E-state index is 0.0274. The van der Waals surface area contributed by atoms with Crippen LogP contribution in [0.3, 0.4) is 0 Å². The number of carboxylic acids is 1. The second-order valence-electron chi connectivity index (χ2n) is 4.76. The molecule has 1 saturated carbocycles. The first-order valence-electron chi connectivity index (χ1n) is 6.43. The van der Waals surface area contributed by atoms with Gasteiger partial charge in [0.15, 0.2) is 0 Å². The number of hydrogen-bond acceptors (Lipinski definition) is 3. The van der Waals surface area contributed by atoms with Gasteiger partial charge < -0.3 is 20.4 Å². The highest BCUT2D eigenvalue weighted by Gasteiger charge is 2.25. The Morgan fingerprint density at radius 2 is 1.94 bits per heavy atom. The molecule has 0 bridgehead atoms. The Morgan fingerprint density at radius 3 is 2.44 bits per heavy atom. The van der Waals surface area contributed by atoms with Crippen molar-refractivity contribution in [2.75, 3.05) is 13.7 Å². The number of amides is 2. The van der Waals surface area contributed by atoms with Crippen LogP contribution >= 0.6 is 0 Å². The van der Waals surface area contributed by atoms with Crippen LogP contribution in [0.2, 0.25) is 0 Å². The summed E-state index contributed by atoms with van der Waals surface area (Å²) >= 11 is 0. The molecule has 1 rings (SSSR count). The predicted molar refractivity (Wildman–Crippen MR) is 66.3 cm³/mol. The molecule has 1 atom stereocenters. The number of aliphatic hydroxyl groups is 1. The molecular weight excluding hydrogens is 236 g/mol. The van der Waals surface area contributed by atoms with Gasteiger partial charge >= 0.3 is 12.0 Å². The van der Waals surface area contributed by atoms with Gasteiger partial charge in [0.2, 0.25) is 0 Å². The van der Waals surface area contributed by atoms with Gasteiger partial charge in [-0.3, -0.25) is 0 Å². The van der Waals surface area contributed by atoms with Gasteiger partial charge in [-0.25, -0.2) is 9.59 Å². The van der Waals surface area contributed by atoms with Crippen LogP contribution in [-0.4, -0.2) is 52.9 Å². The van der Waals surface area contributed by atoms with Crippen LogP contribution in [0.4, 0.5) is 4.79 Å². The average Bonchev–Trinajstić information content (AvgIpc) is 2.38. The van der Waals surface area contributed by atoms with Crippen LogP contribution < -0.4 is 5.32 Å². The van der Waals surface area contributed by atoms with E-state index in [-0.39, 0.29) is 25.1 Å². The zero-order valence-corrected chi connectivity index (χ0v) is 10.8. The van der Waals surface area contributed by atoms with Gasteiger partial charge in [0, 0.05) is 26.1 Å². The summed E-state index contributed by atoms with van der Waals surface area (Å²) in [6.45, 7) is -0.260. The molecule has 1 fully saturated rings. The van der Waals surface area contributed by atoms with Crippen molar-refractivity contribution < 1.29 is 19.8 Å². The molecule has 0 spiro atoms. The Hall–Kier alpha value is -1.30. The molecule has 18 heavy (non-hydrogen) atoms. The number of hydrogen-bond donors (Lipinski definition) is 3. The van der Waals surface area contributed by atoms with E-state index in [2.05, 4.69) is 5.32 Å². The molecule has 6 heteroatoms.